The molecule has 0 amide bonds. The summed E-state index contributed by atoms with van der Waals surface area (Å²) in [4.78, 5) is 0. The van der Waals surface area contributed by atoms with Gasteiger partial charge in [0.15, 0.2) is 23.0 Å². The molecule has 1 aliphatic rings. The molecule has 0 atom stereocenters. The Hall–Kier alpha value is -1.52. The normalized spacial score (nSPS) is 11.3. The number of halogens is 4. The lowest BCUT2D eigenvalue weighted by Crippen LogP contribution is -1.99. The number of hydrogen-bond donors (Lipinski definition) is 0. The molecular formula is C16H8Cl4O3. The van der Waals surface area contributed by atoms with Gasteiger partial charge in [-0.3, -0.25) is 0 Å². The van der Waals surface area contributed by atoms with Crippen LogP contribution in [0.15, 0.2) is 53.3 Å². The summed E-state index contributed by atoms with van der Waals surface area (Å²) < 4.78 is 15.9. The molecule has 3 aromatic rings. The van der Waals surface area contributed by atoms with Crippen LogP contribution in [0.4, 0.5) is 0 Å². The highest BCUT2D eigenvalue weighted by Gasteiger charge is 2.21. The summed E-state index contributed by atoms with van der Waals surface area (Å²) in [6.45, 7) is 0. The van der Waals surface area contributed by atoms with Crippen molar-refractivity contribution < 1.29 is 13.9 Å². The van der Waals surface area contributed by atoms with E-state index in [-0.39, 0.29) is 0 Å². The molecule has 0 aliphatic carbocycles. The minimum atomic E-state index is 0.391. The van der Waals surface area contributed by atoms with Crippen molar-refractivity contribution in [2.24, 2.45) is 0 Å². The van der Waals surface area contributed by atoms with E-state index in [1.165, 1.54) is 0 Å². The van der Waals surface area contributed by atoms with E-state index >= 15 is 0 Å². The second kappa shape index (κ2) is 6.93. The molecule has 0 saturated heterocycles. The molecule has 4 rings (SSSR count). The van der Waals surface area contributed by atoms with Crippen molar-refractivity contribution in [2.45, 2.75) is 0 Å². The summed E-state index contributed by atoms with van der Waals surface area (Å²) in [6.07, 6.45) is 3.25. The van der Waals surface area contributed by atoms with E-state index in [2.05, 4.69) is 4.42 Å². The number of ether oxygens (including phenoxy) is 2. The standard InChI is InChI=1S/C12H4Cl4O2.C4H4O/c13-5-1-9-10(2-6(5)14)18-12-4-8(16)7(15)3-11(12)17-9;1-2-4-5-3-1/h1-4H;1-4H. The van der Waals surface area contributed by atoms with Crippen molar-refractivity contribution in [3.63, 3.8) is 0 Å². The fourth-order valence-electron chi connectivity index (χ4n) is 1.80. The molecular weight excluding hydrogens is 382 g/mol. The van der Waals surface area contributed by atoms with Gasteiger partial charge in [-0.15, -0.1) is 0 Å². The maximum absolute atomic E-state index is 5.91. The molecule has 7 heteroatoms. The van der Waals surface area contributed by atoms with Gasteiger partial charge in [-0.05, 0) is 12.1 Å². The molecule has 0 radical (unpaired) electrons. The van der Waals surface area contributed by atoms with Crippen LogP contribution in [0.2, 0.25) is 20.1 Å². The minimum absolute atomic E-state index is 0.391. The van der Waals surface area contributed by atoms with Crippen molar-refractivity contribution in [1.82, 2.24) is 0 Å². The quantitative estimate of drug-likeness (QED) is 0.312. The van der Waals surface area contributed by atoms with E-state index in [9.17, 15) is 0 Å². The van der Waals surface area contributed by atoms with Crippen LogP contribution in [0.25, 0.3) is 0 Å². The number of fused-ring (bicyclic) bond motifs is 2. The monoisotopic (exact) mass is 388 g/mol. The second-order valence-electron chi connectivity index (χ2n) is 4.42. The molecule has 118 valence electrons. The van der Waals surface area contributed by atoms with Crippen LogP contribution in [0, 0.1) is 0 Å². The first-order valence-corrected chi connectivity index (χ1v) is 7.87. The minimum Gasteiger partial charge on any atom is -0.473 e. The van der Waals surface area contributed by atoms with E-state index in [0.717, 1.165) is 0 Å². The van der Waals surface area contributed by atoms with Gasteiger partial charge in [-0.1, -0.05) is 46.4 Å². The molecule has 2 heterocycles. The zero-order valence-electron chi connectivity index (χ0n) is 11.4. The van der Waals surface area contributed by atoms with Gasteiger partial charge in [-0.2, -0.15) is 0 Å². The fraction of sp³-hybridized carbons (Fsp3) is 0. The molecule has 23 heavy (non-hydrogen) atoms. The van der Waals surface area contributed by atoms with Crippen molar-refractivity contribution in [3.8, 4) is 23.0 Å². The largest absolute Gasteiger partial charge is 0.473 e. The molecule has 0 N–H and O–H groups in total. The Labute approximate surface area is 152 Å². The number of hydrogen-bond acceptors (Lipinski definition) is 3. The number of furan rings is 1. The molecule has 0 saturated carbocycles. The summed E-state index contributed by atoms with van der Waals surface area (Å²) in [5, 5.41) is 1.56. The molecule has 0 unspecified atom stereocenters. The number of rotatable bonds is 0. The Morgan fingerprint density at radius 1 is 0.522 bits per heavy atom. The van der Waals surface area contributed by atoms with E-state index in [1.807, 2.05) is 12.1 Å². The van der Waals surface area contributed by atoms with Crippen molar-refractivity contribution in [1.29, 1.82) is 0 Å². The van der Waals surface area contributed by atoms with E-state index in [4.69, 9.17) is 55.9 Å². The zero-order valence-corrected chi connectivity index (χ0v) is 14.4. The predicted octanol–water partition coefficient (Wildman–Crippen LogP) is 7.48. The second-order valence-corrected chi connectivity index (χ2v) is 6.05. The fourth-order valence-corrected chi connectivity index (χ4v) is 2.42. The Balaban J connectivity index is 0.000000267. The van der Waals surface area contributed by atoms with Crippen LogP contribution in [-0.4, -0.2) is 0 Å². The van der Waals surface area contributed by atoms with Gasteiger partial charge in [0.1, 0.15) is 0 Å². The Morgan fingerprint density at radius 3 is 1.04 bits per heavy atom. The van der Waals surface area contributed by atoms with E-state index < -0.39 is 0 Å². The van der Waals surface area contributed by atoms with Crippen LogP contribution in [0.1, 0.15) is 0 Å². The predicted molar refractivity (Wildman–Crippen MR) is 91.8 cm³/mol. The summed E-state index contributed by atoms with van der Waals surface area (Å²) in [5.74, 6) is 1.93. The molecule has 2 aromatic carbocycles. The van der Waals surface area contributed by atoms with Crippen LogP contribution in [-0.2, 0) is 0 Å². The average Bonchev–Trinajstić information content (AvgIpc) is 3.08. The van der Waals surface area contributed by atoms with Gasteiger partial charge in [0.25, 0.3) is 0 Å². The summed E-state index contributed by atoms with van der Waals surface area (Å²) in [7, 11) is 0. The Morgan fingerprint density at radius 2 is 0.826 bits per heavy atom. The Kier molecular flexibility index (Phi) is 4.93. The highest BCUT2D eigenvalue weighted by Crippen LogP contribution is 2.49. The van der Waals surface area contributed by atoms with Crippen LogP contribution in [0.3, 0.4) is 0 Å². The third kappa shape index (κ3) is 3.70. The van der Waals surface area contributed by atoms with Crippen molar-refractivity contribution in [3.05, 3.63) is 69.0 Å². The molecule has 0 bridgehead atoms. The maximum atomic E-state index is 5.91. The third-order valence-electron chi connectivity index (χ3n) is 2.84. The van der Waals surface area contributed by atoms with Crippen molar-refractivity contribution >= 4 is 46.4 Å². The lowest BCUT2D eigenvalue weighted by atomic mass is 10.2. The van der Waals surface area contributed by atoms with Gasteiger partial charge >= 0.3 is 0 Å². The smallest absolute Gasteiger partial charge is 0.171 e. The summed E-state index contributed by atoms with van der Waals surface area (Å²) >= 11 is 23.7. The highest BCUT2D eigenvalue weighted by molar-refractivity contribution is 6.42. The molecule has 0 spiro atoms. The van der Waals surface area contributed by atoms with E-state index in [1.54, 1.807) is 36.8 Å². The van der Waals surface area contributed by atoms with Gasteiger partial charge in [0.2, 0.25) is 0 Å². The first-order valence-electron chi connectivity index (χ1n) is 6.35. The molecule has 1 aliphatic heterocycles. The lowest BCUT2D eigenvalue weighted by molar-refractivity contribution is 0.359. The van der Waals surface area contributed by atoms with Gasteiger partial charge in [0.05, 0.1) is 32.6 Å². The molecule has 3 nitrogen and oxygen atoms in total. The van der Waals surface area contributed by atoms with Gasteiger partial charge < -0.3 is 13.9 Å². The Bertz CT molecular complexity index is 703. The van der Waals surface area contributed by atoms with Crippen molar-refractivity contribution in [2.75, 3.05) is 0 Å². The van der Waals surface area contributed by atoms with Crippen LogP contribution in [0.5, 0.6) is 23.0 Å². The first-order chi connectivity index (χ1) is 11.0. The average molecular weight is 390 g/mol. The summed E-state index contributed by atoms with van der Waals surface area (Å²) in [5.41, 5.74) is 0. The van der Waals surface area contributed by atoms with Gasteiger partial charge in [-0.25, -0.2) is 0 Å². The first kappa shape index (κ1) is 16.3. The molecule has 1 aromatic heterocycles. The van der Waals surface area contributed by atoms with Crippen LogP contribution >= 0.6 is 46.4 Å². The SMILES string of the molecule is Clc1cc2c(cc1Cl)Oc1cc(Cl)c(Cl)cc1O2.c1ccoc1. The maximum Gasteiger partial charge on any atom is 0.171 e. The highest BCUT2D eigenvalue weighted by atomic mass is 35.5. The summed E-state index contributed by atoms with van der Waals surface area (Å²) in [6, 6.07) is 10.0. The van der Waals surface area contributed by atoms with Gasteiger partial charge in [0, 0.05) is 24.3 Å². The zero-order chi connectivity index (χ0) is 16.4. The lowest BCUT2D eigenvalue weighted by Gasteiger charge is -2.21. The molecule has 0 fully saturated rings. The third-order valence-corrected chi connectivity index (χ3v) is 4.28. The van der Waals surface area contributed by atoms with E-state index in [0.29, 0.717) is 43.1 Å². The van der Waals surface area contributed by atoms with Crippen LogP contribution < -0.4 is 9.47 Å². The topological polar surface area (TPSA) is 31.6 Å². The number of benzene rings is 2.